The number of hydrogen-bond acceptors (Lipinski definition) is 4. The lowest BCUT2D eigenvalue weighted by Gasteiger charge is -2.33. The number of carbonyl (C=O) groups excluding carboxylic acids is 2. The molecule has 2 amide bonds. The zero-order chi connectivity index (χ0) is 21.3. The van der Waals surface area contributed by atoms with Gasteiger partial charge in [-0.2, -0.15) is 0 Å². The standard InChI is InChI=1S/C24H31N3O3/c1-3-26(17-19-9-11-22(30-2)12-10-19)18-23(28)27-15-13-20(14-16-27)24(29)25-21-7-5-4-6-8-21/h4-12,20H,3,13-18H2,1-2H3,(H,25,29). The molecule has 0 aromatic heterocycles. The number of anilines is 1. The molecule has 1 fully saturated rings. The van der Waals surface area contributed by atoms with Crippen LogP contribution in [0.1, 0.15) is 25.3 Å². The lowest BCUT2D eigenvalue weighted by atomic mass is 9.95. The van der Waals surface area contributed by atoms with Crippen LogP contribution in [0, 0.1) is 5.92 Å². The van der Waals surface area contributed by atoms with Gasteiger partial charge < -0.3 is 15.0 Å². The van der Waals surface area contributed by atoms with Crippen molar-refractivity contribution in [3.8, 4) is 5.75 Å². The summed E-state index contributed by atoms with van der Waals surface area (Å²) in [7, 11) is 1.65. The SMILES string of the molecule is CCN(CC(=O)N1CCC(C(=O)Nc2ccccc2)CC1)Cc1ccc(OC)cc1. The van der Waals surface area contributed by atoms with E-state index >= 15 is 0 Å². The van der Waals surface area contributed by atoms with Crippen molar-refractivity contribution < 1.29 is 14.3 Å². The van der Waals surface area contributed by atoms with Gasteiger partial charge in [-0.3, -0.25) is 14.5 Å². The monoisotopic (exact) mass is 409 g/mol. The number of nitrogens with zero attached hydrogens (tertiary/aromatic N) is 2. The number of likely N-dealkylation sites (N-methyl/N-ethyl adjacent to an activating group) is 1. The van der Waals surface area contributed by atoms with E-state index in [2.05, 4.69) is 17.1 Å². The Bertz CT molecular complexity index is 815. The number of hydrogen-bond donors (Lipinski definition) is 1. The van der Waals surface area contributed by atoms with Crippen LogP contribution in [0.3, 0.4) is 0 Å². The number of nitrogens with one attached hydrogen (secondary N) is 1. The van der Waals surface area contributed by atoms with Gasteiger partial charge in [0.05, 0.1) is 13.7 Å². The van der Waals surface area contributed by atoms with Crippen molar-refractivity contribution in [3.63, 3.8) is 0 Å². The van der Waals surface area contributed by atoms with Crippen molar-refractivity contribution in [3.05, 3.63) is 60.2 Å². The summed E-state index contributed by atoms with van der Waals surface area (Å²) in [6.07, 6.45) is 1.41. The number of amides is 2. The van der Waals surface area contributed by atoms with Gasteiger partial charge in [0.15, 0.2) is 0 Å². The highest BCUT2D eigenvalue weighted by molar-refractivity contribution is 5.92. The average molecular weight is 410 g/mol. The van der Waals surface area contributed by atoms with Gasteiger partial charge in [-0.25, -0.2) is 0 Å². The van der Waals surface area contributed by atoms with Crippen LogP contribution in [-0.4, -0.2) is 54.9 Å². The fraction of sp³-hybridized carbons (Fsp3) is 0.417. The van der Waals surface area contributed by atoms with Gasteiger partial charge in [0, 0.05) is 31.2 Å². The second kappa shape index (κ2) is 10.8. The average Bonchev–Trinajstić information content (AvgIpc) is 2.79. The van der Waals surface area contributed by atoms with Crippen LogP contribution in [0.5, 0.6) is 5.75 Å². The second-order valence-corrected chi connectivity index (χ2v) is 7.66. The zero-order valence-corrected chi connectivity index (χ0v) is 17.8. The van der Waals surface area contributed by atoms with Crippen molar-refractivity contribution >= 4 is 17.5 Å². The maximum Gasteiger partial charge on any atom is 0.236 e. The Labute approximate surface area is 178 Å². The Balaban J connectivity index is 1.46. The van der Waals surface area contributed by atoms with E-state index in [1.54, 1.807) is 7.11 Å². The van der Waals surface area contributed by atoms with E-state index < -0.39 is 0 Å². The summed E-state index contributed by atoms with van der Waals surface area (Å²) < 4.78 is 5.20. The molecule has 0 bridgehead atoms. The molecule has 2 aromatic rings. The van der Waals surface area contributed by atoms with Crippen molar-refractivity contribution in [1.82, 2.24) is 9.80 Å². The molecule has 1 saturated heterocycles. The van der Waals surface area contributed by atoms with Crippen molar-refractivity contribution in [2.24, 2.45) is 5.92 Å². The fourth-order valence-corrected chi connectivity index (χ4v) is 3.72. The van der Waals surface area contributed by atoms with Crippen LogP contribution in [0.25, 0.3) is 0 Å². The van der Waals surface area contributed by atoms with Gasteiger partial charge in [-0.15, -0.1) is 0 Å². The Hall–Kier alpha value is -2.86. The summed E-state index contributed by atoms with van der Waals surface area (Å²) in [6.45, 7) is 5.24. The fourth-order valence-electron chi connectivity index (χ4n) is 3.72. The number of para-hydroxylation sites is 1. The molecule has 30 heavy (non-hydrogen) atoms. The molecule has 0 radical (unpaired) electrons. The third kappa shape index (κ3) is 6.07. The Morgan fingerprint density at radius 3 is 2.33 bits per heavy atom. The number of carbonyl (C=O) groups is 2. The lowest BCUT2D eigenvalue weighted by Crippen LogP contribution is -2.45. The molecule has 160 valence electrons. The maximum absolute atomic E-state index is 12.8. The van der Waals surface area contributed by atoms with Gasteiger partial charge in [-0.1, -0.05) is 37.3 Å². The molecule has 3 rings (SSSR count). The summed E-state index contributed by atoms with van der Waals surface area (Å²) in [5.41, 5.74) is 1.97. The molecular formula is C24H31N3O3. The molecular weight excluding hydrogens is 378 g/mol. The van der Waals surface area contributed by atoms with Gasteiger partial charge in [0.1, 0.15) is 5.75 Å². The second-order valence-electron chi connectivity index (χ2n) is 7.66. The molecule has 1 heterocycles. The van der Waals surface area contributed by atoms with E-state index in [1.165, 1.54) is 0 Å². The van der Waals surface area contributed by atoms with Crippen LogP contribution in [-0.2, 0) is 16.1 Å². The first-order chi connectivity index (χ1) is 14.6. The highest BCUT2D eigenvalue weighted by atomic mass is 16.5. The molecule has 0 atom stereocenters. The molecule has 1 aliphatic rings. The third-order valence-corrected chi connectivity index (χ3v) is 5.63. The van der Waals surface area contributed by atoms with Gasteiger partial charge in [0.2, 0.25) is 11.8 Å². The van der Waals surface area contributed by atoms with Crippen LogP contribution in [0.15, 0.2) is 54.6 Å². The van der Waals surface area contributed by atoms with E-state index in [0.29, 0.717) is 32.5 Å². The largest absolute Gasteiger partial charge is 0.497 e. The molecule has 6 nitrogen and oxygen atoms in total. The summed E-state index contributed by atoms with van der Waals surface area (Å²) >= 11 is 0. The Morgan fingerprint density at radius 2 is 1.73 bits per heavy atom. The van der Waals surface area contributed by atoms with E-state index in [0.717, 1.165) is 30.1 Å². The first-order valence-corrected chi connectivity index (χ1v) is 10.6. The van der Waals surface area contributed by atoms with E-state index in [1.807, 2.05) is 59.5 Å². The van der Waals surface area contributed by atoms with Crippen molar-refractivity contribution in [2.45, 2.75) is 26.3 Å². The number of likely N-dealkylation sites (tertiary alicyclic amines) is 1. The summed E-state index contributed by atoms with van der Waals surface area (Å²) in [5, 5.41) is 2.97. The number of methoxy groups -OCH3 is 1. The topological polar surface area (TPSA) is 61.9 Å². The number of rotatable bonds is 8. The van der Waals surface area contributed by atoms with Crippen molar-refractivity contribution in [1.29, 1.82) is 0 Å². The van der Waals surface area contributed by atoms with E-state index in [9.17, 15) is 9.59 Å². The molecule has 0 aliphatic carbocycles. The molecule has 0 spiro atoms. The molecule has 0 saturated carbocycles. The minimum Gasteiger partial charge on any atom is -0.497 e. The number of benzene rings is 2. The van der Waals surface area contributed by atoms with Gasteiger partial charge in [0.25, 0.3) is 0 Å². The predicted octanol–water partition coefficient (Wildman–Crippen LogP) is 3.39. The minimum absolute atomic E-state index is 0.0444. The minimum atomic E-state index is -0.0455. The molecule has 0 unspecified atom stereocenters. The van der Waals surface area contributed by atoms with Crippen molar-refractivity contribution in [2.75, 3.05) is 38.6 Å². The Morgan fingerprint density at radius 1 is 1.07 bits per heavy atom. The van der Waals surface area contributed by atoms with Gasteiger partial charge >= 0.3 is 0 Å². The van der Waals surface area contributed by atoms with Crippen LogP contribution in [0.2, 0.25) is 0 Å². The lowest BCUT2D eigenvalue weighted by molar-refractivity contribution is -0.135. The number of piperidine rings is 1. The zero-order valence-electron chi connectivity index (χ0n) is 17.8. The predicted molar refractivity (Wildman–Crippen MR) is 118 cm³/mol. The van der Waals surface area contributed by atoms with Gasteiger partial charge in [-0.05, 0) is 49.2 Å². The quantitative estimate of drug-likeness (QED) is 0.726. The normalized spacial score (nSPS) is 14.6. The summed E-state index contributed by atoms with van der Waals surface area (Å²) in [5.74, 6) is 0.961. The highest BCUT2D eigenvalue weighted by Gasteiger charge is 2.28. The van der Waals surface area contributed by atoms with E-state index in [-0.39, 0.29) is 17.7 Å². The van der Waals surface area contributed by atoms with Crippen LogP contribution in [0.4, 0.5) is 5.69 Å². The van der Waals surface area contributed by atoms with Crippen LogP contribution >= 0.6 is 0 Å². The maximum atomic E-state index is 12.8. The summed E-state index contributed by atoms with van der Waals surface area (Å²) in [4.78, 5) is 29.3. The first kappa shape index (κ1) is 21.8. The van der Waals surface area contributed by atoms with E-state index in [4.69, 9.17) is 4.74 Å². The highest BCUT2D eigenvalue weighted by Crippen LogP contribution is 2.20. The molecule has 2 aromatic carbocycles. The Kier molecular flexibility index (Phi) is 7.85. The smallest absolute Gasteiger partial charge is 0.236 e. The van der Waals surface area contributed by atoms with Crippen LogP contribution < -0.4 is 10.1 Å². The molecule has 1 N–H and O–H groups in total. The third-order valence-electron chi connectivity index (χ3n) is 5.63. The molecule has 6 heteroatoms. The first-order valence-electron chi connectivity index (χ1n) is 10.6. The molecule has 1 aliphatic heterocycles. The summed E-state index contributed by atoms with van der Waals surface area (Å²) in [6, 6.07) is 17.5. The number of ether oxygens (including phenoxy) is 1.